The largest absolute Gasteiger partial charge is 0.477 e. The van der Waals surface area contributed by atoms with Gasteiger partial charge >= 0.3 is 5.97 Å². The zero-order valence-corrected chi connectivity index (χ0v) is 8.36. The van der Waals surface area contributed by atoms with Crippen LogP contribution >= 0.6 is 0 Å². The van der Waals surface area contributed by atoms with Gasteiger partial charge in [0.15, 0.2) is 5.69 Å². The van der Waals surface area contributed by atoms with Crippen LogP contribution in [0.3, 0.4) is 0 Å². The van der Waals surface area contributed by atoms with E-state index >= 15 is 0 Å². The van der Waals surface area contributed by atoms with Gasteiger partial charge in [0, 0.05) is 25.0 Å². The minimum Gasteiger partial charge on any atom is -0.477 e. The molecule has 1 unspecified atom stereocenters. The monoisotopic (exact) mass is 228 g/mol. The zero-order valence-electron chi connectivity index (χ0n) is 8.36. The number of nitrogens with zero attached hydrogens (tertiary/aromatic N) is 2. The second-order valence-corrected chi connectivity index (χ2v) is 3.90. The third-order valence-electron chi connectivity index (χ3n) is 2.66. The molecule has 16 heavy (non-hydrogen) atoms. The summed E-state index contributed by atoms with van der Waals surface area (Å²) in [5.74, 6) is -4.08. The predicted octanol–water partition coefficient (Wildman–Crippen LogP) is 2.08. The van der Waals surface area contributed by atoms with Crippen molar-refractivity contribution in [3.05, 3.63) is 23.8 Å². The van der Waals surface area contributed by atoms with Crippen LogP contribution < -0.4 is 0 Å². The highest BCUT2D eigenvalue weighted by Crippen LogP contribution is 2.42. The molecule has 1 aromatic heterocycles. The van der Waals surface area contributed by atoms with E-state index in [-0.39, 0.29) is 24.4 Å². The molecule has 1 aromatic rings. The van der Waals surface area contributed by atoms with Gasteiger partial charge in [0.05, 0.1) is 0 Å². The molecule has 1 saturated carbocycles. The maximum Gasteiger partial charge on any atom is 0.354 e. The smallest absolute Gasteiger partial charge is 0.354 e. The number of halogens is 2. The molecule has 6 heteroatoms. The zero-order chi connectivity index (χ0) is 11.8. The van der Waals surface area contributed by atoms with Gasteiger partial charge in [-0.15, -0.1) is 0 Å². The summed E-state index contributed by atoms with van der Waals surface area (Å²) in [6.45, 7) is 0. The molecule has 0 aromatic carbocycles. The molecule has 2 rings (SSSR count). The first-order chi connectivity index (χ1) is 7.48. The van der Waals surface area contributed by atoms with Gasteiger partial charge in [-0.25, -0.2) is 23.5 Å². The van der Waals surface area contributed by atoms with Crippen LogP contribution in [0.25, 0.3) is 0 Å². The molecule has 86 valence electrons. The number of carboxylic acids is 1. The van der Waals surface area contributed by atoms with Gasteiger partial charge in [0.25, 0.3) is 0 Å². The fraction of sp³-hybridized carbons (Fsp3) is 0.500. The number of carboxylic acid groups (broad SMARTS) is 1. The van der Waals surface area contributed by atoms with Crippen molar-refractivity contribution < 1.29 is 18.7 Å². The Morgan fingerprint density at radius 1 is 1.56 bits per heavy atom. The van der Waals surface area contributed by atoms with Gasteiger partial charge in [-0.2, -0.15) is 0 Å². The van der Waals surface area contributed by atoms with E-state index in [2.05, 4.69) is 9.97 Å². The number of hydrogen-bond donors (Lipinski definition) is 1. The highest BCUT2D eigenvalue weighted by Gasteiger charge is 2.41. The number of alkyl halides is 2. The Hall–Kier alpha value is -1.59. The molecule has 1 aliphatic carbocycles. The van der Waals surface area contributed by atoms with Crippen LogP contribution in [-0.2, 0) is 0 Å². The van der Waals surface area contributed by atoms with E-state index in [1.807, 2.05) is 0 Å². The van der Waals surface area contributed by atoms with Gasteiger partial charge in [-0.3, -0.25) is 0 Å². The van der Waals surface area contributed by atoms with E-state index in [4.69, 9.17) is 5.11 Å². The maximum absolute atomic E-state index is 13.0. The van der Waals surface area contributed by atoms with Crippen molar-refractivity contribution in [2.45, 2.75) is 31.1 Å². The first-order valence-electron chi connectivity index (χ1n) is 4.92. The SMILES string of the molecule is O=C(O)c1ccnc(C2CCC(F)(F)C2)n1. The van der Waals surface area contributed by atoms with E-state index in [1.54, 1.807) is 0 Å². The first kappa shape index (κ1) is 10.9. The highest BCUT2D eigenvalue weighted by molar-refractivity contribution is 5.85. The van der Waals surface area contributed by atoms with E-state index < -0.39 is 17.8 Å². The second kappa shape index (κ2) is 3.77. The molecule has 1 heterocycles. The van der Waals surface area contributed by atoms with Crippen LogP contribution in [0.2, 0.25) is 0 Å². The summed E-state index contributed by atoms with van der Waals surface area (Å²) in [5, 5.41) is 8.72. The molecule has 0 aliphatic heterocycles. The van der Waals surface area contributed by atoms with Crippen molar-refractivity contribution in [2.24, 2.45) is 0 Å². The summed E-state index contributed by atoms with van der Waals surface area (Å²) < 4.78 is 25.9. The van der Waals surface area contributed by atoms with Crippen molar-refractivity contribution in [2.75, 3.05) is 0 Å². The molecule has 1 N–H and O–H groups in total. The van der Waals surface area contributed by atoms with Crippen LogP contribution in [0.1, 0.15) is 41.5 Å². The fourth-order valence-electron chi connectivity index (χ4n) is 1.86. The highest BCUT2D eigenvalue weighted by atomic mass is 19.3. The quantitative estimate of drug-likeness (QED) is 0.841. The van der Waals surface area contributed by atoms with E-state index in [0.717, 1.165) is 0 Å². The third-order valence-corrected chi connectivity index (χ3v) is 2.66. The van der Waals surface area contributed by atoms with Crippen LogP contribution in [0, 0.1) is 0 Å². The molecule has 4 nitrogen and oxygen atoms in total. The van der Waals surface area contributed by atoms with E-state index in [9.17, 15) is 13.6 Å². The van der Waals surface area contributed by atoms with Gasteiger partial charge < -0.3 is 5.11 Å². The maximum atomic E-state index is 13.0. The van der Waals surface area contributed by atoms with Crippen molar-refractivity contribution in [1.82, 2.24) is 9.97 Å². The van der Waals surface area contributed by atoms with Crippen LogP contribution in [0.15, 0.2) is 12.3 Å². The summed E-state index contributed by atoms with van der Waals surface area (Å²) >= 11 is 0. The predicted molar refractivity (Wildman–Crippen MR) is 50.5 cm³/mol. The molecule has 0 radical (unpaired) electrons. The Balaban J connectivity index is 2.22. The number of rotatable bonds is 2. The van der Waals surface area contributed by atoms with E-state index in [0.29, 0.717) is 6.42 Å². The summed E-state index contributed by atoms with van der Waals surface area (Å²) in [7, 11) is 0. The molecule has 1 aliphatic rings. The summed E-state index contributed by atoms with van der Waals surface area (Å²) in [6.07, 6.45) is 1.12. The number of aromatic nitrogens is 2. The number of hydrogen-bond acceptors (Lipinski definition) is 3. The van der Waals surface area contributed by atoms with Crippen molar-refractivity contribution >= 4 is 5.97 Å². The molecule has 1 fully saturated rings. The fourth-order valence-corrected chi connectivity index (χ4v) is 1.86. The van der Waals surface area contributed by atoms with Gasteiger partial charge in [0.1, 0.15) is 5.82 Å². The lowest BCUT2D eigenvalue weighted by molar-refractivity contribution is 0.00754. The van der Waals surface area contributed by atoms with Crippen molar-refractivity contribution in [3.63, 3.8) is 0 Å². The Kier molecular flexibility index (Phi) is 2.57. The lowest BCUT2D eigenvalue weighted by atomic mass is 10.1. The summed E-state index contributed by atoms with van der Waals surface area (Å²) in [6, 6.07) is 1.25. The van der Waals surface area contributed by atoms with Crippen LogP contribution in [0.5, 0.6) is 0 Å². The molecule has 1 atom stereocenters. The Morgan fingerprint density at radius 2 is 2.31 bits per heavy atom. The van der Waals surface area contributed by atoms with Crippen LogP contribution in [-0.4, -0.2) is 27.0 Å². The van der Waals surface area contributed by atoms with Gasteiger partial charge in [0.2, 0.25) is 5.92 Å². The van der Waals surface area contributed by atoms with Gasteiger partial charge in [-0.1, -0.05) is 0 Å². The summed E-state index contributed by atoms with van der Waals surface area (Å²) in [4.78, 5) is 18.3. The second-order valence-electron chi connectivity index (χ2n) is 3.90. The number of carbonyl (C=O) groups is 1. The Morgan fingerprint density at radius 3 is 2.88 bits per heavy atom. The molecule has 0 spiro atoms. The molecular formula is C10H10F2N2O2. The third kappa shape index (κ3) is 2.15. The average Bonchev–Trinajstić information content (AvgIpc) is 2.59. The van der Waals surface area contributed by atoms with Crippen molar-refractivity contribution in [1.29, 1.82) is 0 Å². The minimum atomic E-state index is -2.67. The molecular weight excluding hydrogens is 218 g/mol. The summed E-state index contributed by atoms with van der Waals surface area (Å²) in [5.41, 5.74) is -0.153. The lowest BCUT2D eigenvalue weighted by Crippen LogP contribution is -2.11. The van der Waals surface area contributed by atoms with Gasteiger partial charge in [-0.05, 0) is 12.5 Å². The number of aromatic carboxylic acids is 1. The van der Waals surface area contributed by atoms with Crippen LogP contribution in [0.4, 0.5) is 8.78 Å². The topological polar surface area (TPSA) is 63.1 Å². The van der Waals surface area contributed by atoms with Crippen molar-refractivity contribution in [3.8, 4) is 0 Å². The Bertz CT molecular complexity index is 423. The minimum absolute atomic E-state index is 0.153. The molecule has 0 bridgehead atoms. The average molecular weight is 228 g/mol. The normalized spacial score (nSPS) is 23.2. The Labute approximate surface area is 90.3 Å². The standard InChI is InChI=1S/C10H10F2N2O2/c11-10(12)3-1-6(5-10)8-13-4-2-7(14-8)9(15)16/h2,4,6H,1,3,5H2,(H,15,16). The van der Waals surface area contributed by atoms with E-state index in [1.165, 1.54) is 12.3 Å². The lowest BCUT2D eigenvalue weighted by Gasteiger charge is -2.09. The molecule has 0 saturated heterocycles. The molecule has 0 amide bonds. The first-order valence-corrected chi connectivity index (χ1v) is 4.92.